The van der Waals surface area contributed by atoms with E-state index in [4.69, 9.17) is 4.74 Å². The van der Waals surface area contributed by atoms with Gasteiger partial charge in [-0.2, -0.15) is 0 Å². The van der Waals surface area contributed by atoms with Crippen molar-refractivity contribution in [2.24, 2.45) is 5.92 Å². The monoisotopic (exact) mass is 556 g/mol. The molecule has 0 aliphatic carbocycles. The molecule has 5 atom stereocenters. The van der Waals surface area contributed by atoms with Gasteiger partial charge < -0.3 is 34.7 Å². The predicted octanol–water partition coefficient (Wildman–Crippen LogP) is 1.33. The van der Waals surface area contributed by atoms with Crippen molar-refractivity contribution in [1.29, 1.82) is 0 Å². The third-order valence-electron chi connectivity index (χ3n) is 8.96. The average molecular weight is 557 g/mol. The summed E-state index contributed by atoms with van der Waals surface area (Å²) in [7, 11) is -2.93. The molecule has 4 aliphatic rings. The highest BCUT2D eigenvalue weighted by molar-refractivity contribution is 6.71. The summed E-state index contributed by atoms with van der Waals surface area (Å²) in [5, 5.41) is 12.9. The average Bonchev–Trinajstić information content (AvgIpc) is 3.55. The molecule has 5 rings (SSSR count). The number of piperazine rings is 1. The van der Waals surface area contributed by atoms with Gasteiger partial charge in [0.1, 0.15) is 0 Å². The van der Waals surface area contributed by atoms with Crippen molar-refractivity contribution in [3.63, 3.8) is 0 Å². The number of hydrogen-bond acceptors (Lipinski definition) is 7. The van der Waals surface area contributed by atoms with Crippen LogP contribution in [0.25, 0.3) is 0 Å². The molecular formula is C28H40N4O6Si. The molecule has 0 unspecified atom stereocenters. The van der Waals surface area contributed by atoms with Crippen molar-refractivity contribution < 1.29 is 29.0 Å². The van der Waals surface area contributed by atoms with Crippen LogP contribution in [-0.2, 0) is 24.7 Å². The fourth-order valence-electron chi connectivity index (χ4n) is 7.27. The number of rotatable bonds is 7. The molecule has 4 heterocycles. The summed E-state index contributed by atoms with van der Waals surface area (Å²) in [5.74, 6) is -0.819. The number of anilines is 2. The topological polar surface area (TPSA) is 123 Å². The van der Waals surface area contributed by atoms with Gasteiger partial charge in [-0.1, -0.05) is 13.0 Å². The second-order valence-corrected chi connectivity index (χ2v) is 15.7. The van der Waals surface area contributed by atoms with Gasteiger partial charge in [-0.05, 0) is 44.1 Å². The van der Waals surface area contributed by atoms with Crippen LogP contribution in [0.5, 0.6) is 0 Å². The molecule has 3 fully saturated rings. The summed E-state index contributed by atoms with van der Waals surface area (Å²) in [6.07, 6.45) is 2.63. The molecule has 0 saturated carbocycles. The molecule has 3 N–H and O–H groups in total. The Morgan fingerprint density at radius 2 is 2.08 bits per heavy atom. The summed E-state index contributed by atoms with van der Waals surface area (Å²) in [5.41, 5.74) is 0.277. The van der Waals surface area contributed by atoms with E-state index in [1.807, 2.05) is 38.2 Å². The largest absolute Gasteiger partial charge is 0.432 e. The van der Waals surface area contributed by atoms with E-state index >= 15 is 0 Å². The molecule has 0 bridgehead atoms. The van der Waals surface area contributed by atoms with E-state index in [0.717, 1.165) is 12.8 Å². The number of nitrogens with zero attached hydrogens (tertiary/aromatic N) is 3. The van der Waals surface area contributed by atoms with E-state index in [0.29, 0.717) is 36.6 Å². The van der Waals surface area contributed by atoms with Gasteiger partial charge in [-0.15, -0.1) is 6.58 Å². The van der Waals surface area contributed by atoms with Crippen molar-refractivity contribution in [1.82, 2.24) is 10.2 Å². The molecule has 0 aromatic heterocycles. The Kier molecular flexibility index (Phi) is 7.49. The maximum Gasteiger partial charge on any atom is 0.264 e. The Morgan fingerprint density at radius 1 is 1.31 bits per heavy atom. The first-order chi connectivity index (χ1) is 18.5. The van der Waals surface area contributed by atoms with Crippen molar-refractivity contribution >= 4 is 37.4 Å². The van der Waals surface area contributed by atoms with Crippen LogP contribution in [0, 0.1) is 5.92 Å². The molecule has 1 aromatic rings. The van der Waals surface area contributed by atoms with Crippen LogP contribution in [0.4, 0.5) is 11.4 Å². The maximum atomic E-state index is 14.3. The Morgan fingerprint density at radius 3 is 2.74 bits per heavy atom. The second kappa shape index (κ2) is 10.4. The van der Waals surface area contributed by atoms with E-state index in [9.17, 15) is 24.3 Å². The fourth-order valence-corrected chi connectivity index (χ4v) is 9.82. The number of aliphatic hydroxyl groups is 1. The van der Waals surface area contributed by atoms with Crippen LogP contribution < -0.4 is 15.1 Å². The summed E-state index contributed by atoms with van der Waals surface area (Å²) in [6, 6.07) is 5.39. The Hall–Kier alpha value is -2.57. The molecule has 39 heavy (non-hydrogen) atoms. The number of carbonyl (C=O) groups is 3. The number of nitrogens with one attached hydrogen (secondary N) is 1. The summed E-state index contributed by atoms with van der Waals surface area (Å²) in [4.78, 5) is 57.0. The molecule has 1 spiro atoms. The molecule has 10 nitrogen and oxygen atoms in total. The number of fused-ring (bicyclic) bond motifs is 2. The molecular weight excluding hydrogens is 516 g/mol. The Bertz CT molecular complexity index is 1170. The molecule has 11 heteroatoms. The smallest absolute Gasteiger partial charge is 0.264 e. The highest BCUT2D eigenvalue weighted by atomic mass is 28.4. The van der Waals surface area contributed by atoms with Gasteiger partial charge in [0.2, 0.25) is 11.8 Å². The van der Waals surface area contributed by atoms with E-state index in [2.05, 4.69) is 11.9 Å². The quantitative estimate of drug-likeness (QED) is 0.342. The first-order valence-electron chi connectivity index (χ1n) is 13.9. The third-order valence-corrected chi connectivity index (χ3v) is 11.5. The lowest BCUT2D eigenvalue weighted by Gasteiger charge is -2.33. The SMILES string of the molecule is C=CCN1C(=O)[C@]2(O[C@H](CC(=O)N3CCC[C@H]3CO)[C@@H]([Si](C)(C)O)[C@@H]2C)c2cc(N3CCNCC3=O)ccc21. The number of likely N-dealkylation sites (tertiary alicyclic amines) is 1. The standard InChI is InChI=1S/C28H40N4O6Si/c1-5-11-32-22-9-8-19(31-13-10-29-16-25(31)35)14-21(22)28(27(32)36)18(2)26(39(3,4)37)23(38-28)15-24(34)30-12-6-7-20(30)17-33/h5,8-9,14,18,20,23,26,29,33,37H,1,6-7,10-13,15-17H2,2-4H3/t18-,20-,23+,26-,28+/m0/s1. The van der Waals surface area contributed by atoms with Gasteiger partial charge in [0, 0.05) is 48.9 Å². The van der Waals surface area contributed by atoms with Gasteiger partial charge >= 0.3 is 0 Å². The number of hydrogen-bond donors (Lipinski definition) is 3. The lowest BCUT2D eigenvalue weighted by molar-refractivity contribution is -0.149. The van der Waals surface area contributed by atoms with E-state index < -0.39 is 25.9 Å². The van der Waals surface area contributed by atoms with Crippen molar-refractivity contribution in [2.45, 2.75) is 62.6 Å². The molecule has 3 amide bonds. The van der Waals surface area contributed by atoms with E-state index in [-0.39, 0.29) is 55.4 Å². The Labute approximate surface area is 230 Å². The number of amides is 3. The predicted molar refractivity (Wildman–Crippen MR) is 150 cm³/mol. The van der Waals surface area contributed by atoms with Crippen LogP contribution in [0.1, 0.15) is 31.7 Å². The first-order valence-corrected chi connectivity index (χ1v) is 17.0. The number of ether oxygens (including phenoxy) is 1. The highest BCUT2D eigenvalue weighted by Gasteiger charge is 2.66. The van der Waals surface area contributed by atoms with Crippen molar-refractivity contribution in [3.05, 3.63) is 36.4 Å². The van der Waals surface area contributed by atoms with Crippen LogP contribution in [0.15, 0.2) is 30.9 Å². The zero-order valence-corrected chi connectivity index (χ0v) is 24.1. The van der Waals surface area contributed by atoms with Crippen LogP contribution in [0.2, 0.25) is 18.6 Å². The van der Waals surface area contributed by atoms with Crippen LogP contribution >= 0.6 is 0 Å². The van der Waals surface area contributed by atoms with E-state index in [1.54, 1.807) is 20.8 Å². The molecule has 0 radical (unpaired) electrons. The highest BCUT2D eigenvalue weighted by Crippen LogP contribution is 2.60. The molecule has 3 saturated heterocycles. The lowest BCUT2D eigenvalue weighted by atomic mass is 9.82. The fraction of sp³-hybridized carbons (Fsp3) is 0.607. The zero-order chi connectivity index (χ0) is 28.1. The normalized spacial score (nSPS) is 30.9. The molecule has 1 aromatic carbocycles. The van der Waals surface area contributed by atoms with E-state index in [1.165, 1.54) is 0 Å². The van der Waals surface area contributed by atoms with Crippen LogP contribution in [0.3, 0.4) is 0 Å². The zero-order valence-electron chi connectivity index (χ0n) is 23.1. The summed E-state index contributed by atoms with van der Waals surface area (Å²) in [6.45, 7) is 11.7. The first kappa shape index (κ1) is 28.0. The minimum atomic E-state index is -2.93. The van der Waals surface area contributed by atoms with Crippen molar-refractivity contribution in [2.75, 3.05) is 49.1 Å². The molecule has 4 aliphatic heterocycles. The third kappa shape index (κ3) is 4.54. The molecule has 212 valence electrons. The summed E-state index contributed by atoms with van der Waals surface area (Å²) < 4.78 is 6.77. The number of carbonyl (C=O) groups excluding carboxylic acids is 3. The van der Waals surface area contributed by atoms with Crippen molar-refractivity contribution in [3.8, 4) is 0 Å². The number of aliphatic hydroxyl groups excluding tert-OH is 1. The van der Waals surface area contributed by atoms with Gasteiger partial charge in [0.05, 0.1) is 37.4 Å². The summed E-state index contributed by atoms with van der Waals surface area (Å²) >= 11 is 0. The van der Waals surface area contributed by atoms with Crippen LogP contribution in [-0.4, -0.2) is 92.3 Å². The number of benzene rings is 1. The van der Waals surface area contributed by atoms with Gasteiger partial charge in [0.15, 0.2) is 13.9 Å². The van der Waals surface area contributed by atoms with Gasteiger partial charge in [-0.3, -0.25) is 14.4 Å². The second-order valence-electron chi connectivity index (χ2n) is 11.8. The Balaban J connectivity index is 1.57. The minimum Gasteiger partial charge on any atom is -0.432 e. The minimum absolute atomic E-state index is 0.0320. The maximum absolute atomic E-state index is 14.3. The van der Waals surface area contributed by atoms with Gasteiger partial charge in [-0.25, -0.2) is 0 Å². The van der Waals surface area contributed by atoms with Gasteiger partial charge in [0.25, 0.3) is 5.91 Å². The lowest BCUT2D eigenvalue weighted by Crippen LogP contribution is -2.48.